The van der Waals surface area contributed by atoms with Crippen LogP contribution in [0.3, 0.4) is 0 Å². The van der Waals surface area contributed by atoms with Gasteiger partial charge in [-0.2, -0.15) is 0 Å². The van der Waals surface area contributed by atoms with Crippen LogP contribution < -0.4 is 23.7 Å². The Morgan fingerprint density at radius 1 is 0.846 bits per heavy atom. The van der Waals surface area contributed by atoms with E-state index in [1.54, 1.807) is 7.11 Å². The Morgan fingerprint density at radius 3 is 2.38 bits per heavy atom. The van der Waals surface area contributed by atoms with Gasteiger partial charge in [0.25, 0.3) is 0 Å². The molecule has 8 nitrogen and oxygen atoms in total. The van der Waals surface area contributed by atoms with E-state index in [2.05, 4.69) is 41.8 Å². The zero-order valence-electron chi connectivity index (χ0n) is 23.1. The molecule has 1 saturated heterocycles. The Hall–Kier alpha value is -3.49. The molecule has 0 amide bonds. The highest BCUT2D eigenvalue weighted by Gasteiger charge is 2.20. The number of benzene rings is 3. The van der Waals surface area contributed by atoms with Gasteiger partial charge in [-0.1, -0.05) is 26.0 Å². The summed E-state index contributed by atoms with van der Waals surface area (Å²) in [6, 6.07) is 12.4. The van der Waals surface area contributed by atoms with Crippen LogP contribution in [-0.4, -0.2) is 81.2 Å². The van der Waals surface area contributed by atoms with Gasteiger partial charge in [-0.05, 0) is 68.7 Å². The van der Waals surface area contributed by atoms with Gasteiger partial charge in [0.2, 0.25) is 12.7 Å². The number of hydrogen-bond donors (Lipinski definition) is 0. The van der Waals surface area contributed by atoms with E-state index >= 15 is 0 Å². The maximum Gasteiger partial charge on any atom is 0.231 e. The van der Waals surface area contributed by atoms with E-state index in [9.17, 15) is 0 Å². The molecule has 1 fully saturated rings. The lowest BCUT2D eigenvalue weighted by molar-refractivity contribution is 0.174. The normalized spacial score (nSPS) is 15.2. The van der Waals surface area contributed by atoms with E-state index in [1.165, 1.54) is 12.8 Å². The molecular weight excluding hydrogens is 494 g/mol. The quantitative estimate of drug-likeness (QED) is 0.236. The predicted octanol–water partition coefficient (Wildman–Crippen LogP) is 5.47. The lowest BCUT2D eigenvalue weighted by Crippen LogP contribution is -2.27. The Morgan fingerprint density at radius 2 is 1.62 bits per heavy atom. The molecule has 4 aromatic rings. The number of ether oxygens (including phenoxy) is 5. The van der Waals surface area contributed by atoms with Crippen LogP contribution in [0.25, 0.3) is 32.4 Å². The van der Waals surface area contributed by atoms with Gasteiger partial charge in [0.1, 0.15) is 13.2 Å². The zero-order valence-corrected chi connectivity index (χ0v) is 23.1. The summed E-state index contributed by atoms with van der Waals surface area (Å²) in [7, 11) is 1.68. The summed E-state index contributed by atoms with van der Waals surface area (Å²) in [6.07, 6.45) is 2.51. The third-order valence-corrected chi connectivity index (χ3v) is 7.93. The van der Waals surface area contributed by atoms with E-state index in [0.717, 1.165) is 89.0 Å². The second-order valence-corrected chi connectivity index (χ2v) is 10.1. The SMILES string of the molecule is CCN(CC)CCOc1cc2c(cc1OC)c(OCCN1CCCC1)nc1c3cc4c(cc3ccc21)OCO4. The minimum absolute atomic E-state index is 0.235. The molecule has 0 spiro atoms. The highest BCUT2D eigenvalue weighted by Crippen LogP contribution is 2.43. The molecule has 0 N–H and O–H groups in total. The van der Waals surface area contributed by atoms with Crippen molar-refractivity contribution in [1.82, 2.24) is 14.8 Å². The Labute approximate surface area is 229 Å². The topological polar surface area (TPSA) is 65.5 Å². The molecule has 206 valence electrons. The smallest absolute Gasteiger partial charge is 0.231 e. The van der Waals surface area contributed by atoms with Crippen molar-refractivity contribution in [3.63, 3.8) is 0 Å². The Balaban J connectivity index is 1.45. The van der Waals surface area contributed by atoms with Gasteiger partial charge in [0, 0.05) is 34.6 Å². The van der Waals surface area contributed by atoms with Gasteiger partial charge < -0.3 is 28.6 Å². The van der Waals surface area contributed by atoms with Gasteiger partial charge in [0.15, 0.2) is 23.0 Å². The molecule has 0 atom stereocenters. The van der Waals surface area contributed by atoms with Crippen molar-refractivity contribution in [2.75, 3.05) is 66.4 Å². The first-order chi connectivity index (χ1) is 19.2. The molecule has 2 aliphatic rings. The maximum atomic E-state index is 6.40. The molecule has 3 aromatic carbocycles. The van der Waals surface area contributed by atoms with E-state index < -0.39 is 0 Å². The summed E-state index contributed by atoms with van der Waals surface area (Å²) in [6.45, 7) is 11.7. The fourth-order valence-electron chi connectivity index (χ4n) is 5.64. The van der Waals surface area contributed by atoms with Crippen LogP contribution in [0.5, 0.6) is 28.9 Å². The number of hydrogen-bond acceptors (Lipinski definition) is 8. The van der Waals surface area contributed by atoms with Gasteiger partial charge in [-0.25, -0.2) is 4.98 Å². The summed E-state index contributed by atoms with van der Waals surface area (Å²) in [5.74, 6) is 3.51. The van der Waals surface area contributed by atoms with Crippen molar-refractivity contribution in [1.29, 1.82) is 0 Å². The Kier molecular flexibility index (Phi) is 7.48. The standard InChI is InChI=1S/C31H37N3O5/c1-4-33(5-2)12-14-36-28-18-24-22-9-8-21-16-27-29(39-20-38-27)17-23(21)30(22)32-31(25(24)19-26(28)35-3)37-15-13-34-10-6-7-11-34/h8-9,16-19H,4-7,10-15,20H2,1-3H3. The lowest BCUT2D eigenvalue weighted by Gasteiger charge is -2.20. The monoisotopic (exact) mass is 531 g/mol. The molecule has 0 unspecified atom stereocenters. The average molecular weight is 532 g/mol. The average Bonchev–Trinajstić information content (AvgIpc) is 3.65. The fourth-order valence-corrected chi connectivity index (χ4v) is 5.64. The third-order valence-electron chi connectivity index (χ3n) is 7.93. The van der Waals surface area contributed by atoms with Crippen LogP contribution in [0.4, 0.5) is 0 Å². The van der Waals surface area contributed by atoms with E-state index in [-0.39, 0.29) is 6.79 Å². The van der Waals surface area contributed by atoms with Crippen molar-refractivity contribution in [3.8, 4) is 28.9 Å². The first kappa shape index (κ1) is 25.8. The number of pyridine rings is 1. The van der Waals surface area contributed by atoms with Crippen molar-refractivity contribution in [2.45, 2.75) is 26.7 Å². The van der Waals surface area contributed by atoms with E-state index in [1.807, 2.05) is 18.2 Å². The van der Waals surface area contributed by atoms with E-state index in [0.29, 0.717) is 24.8 Å². The predicted molar refractivity (Wildman–Crippen MR) is 154 cm³/mol. The van der Waals surface area contributed by atoms with Gasteiger partial charge in [-0.15, -0.1) is 0 Å². The summed E-state index contributed by atoms with van der Waals surface area (Å²) in [5, 5.41) is 5.01. The van der Waals surface area contributed by atoms with Gasteiger partial charge >= 0.3 is 0 Å². The van der Waals surface area contributed by atoms with Crippen molar-refractivity contribution in [3.05, 3.63) is 36.4 Å². The molecule has 0 radical (unpaired) electrons. The van der Waals surface area contributed by atoms with Crippen LogP contribution in [0, 0.1) is 0 Å². The number of nitrogens with zero attached hydrogens (tertiary/aromatic N) is 3. The summed E-state index contributed by atoms with van der Waals surface area (Å²) >= 11 is 0. The number of methoxy groups -OCH3 is 1. The molecule has 0 aliphatic carbocycles. The first-order valence-electron chi connectivity index (χ1n) is 14.1. The van der Waals surface area contributed by atoms with Crippen LogP contribution in [0.2, 0.25) is 0 Å². The highest BCUT2D eigenvalue weighted by molar-refractivity contribution is 6.17. The summed E-state index contributed by atoms with van der Waals surface area (Å²) in [5.41, 5.74) is 0.869. The minimum atomic E-state index is 0.235. The molecule has 0 saturated carbocycles. The zero-order chi connectivity index (χ0) is 26.8. The maximum absolute atomic E-state index is 6.40. The molecule has 0 bridgehead atoms. The molecule has 2 aliphatic heterocycles. The molecule has 39 heavy (non-hydrogen) atoms. The first-order valence-corrected chi connectivity index (χ1v) is 14.1. The molecule has 8 heteroatoms. The van der Waals surface area contributed by atoms with Crippen molar-refractivity contribution in [2.24, 2.45) is 0 Å². The molecule has 3 heterocycles. The summed E-state index contributed by atoms with van der Waals surface area (Å²) < 4.78 is 29.8. The number of fused-ring (bicyclic) bond motifs is 6. The third kappa shape index (κ3) is 5.11. The number of aromatic nitrogens is 1. The second-order valence-electron chi connectivity index (χ2n) is 10.1. The molecule has 6 rings (SSSR count). The number of likely N-dealkylation sites (N-methyl/N-ethyl adjacent to an activating group) is 1. The van der Waals surface area contributed by atoms with Crippen LogP contribution in [0.15, 0.2) is 36.4 Å². The second kappa shape index (κ2) is 11.3. The summed E-state index contributed by atoms with van der Waals surface area (Å²) in [4.78, 5) is 9.88. The van der Waals surface area contributed by atoms with Crippen LogP contribution in [-0.2, 0) is 0 Å². The molecular formula is C31H37N3O5. The van der Waals surface area contributed by atoms with Crippen LogP contribution in [0.1, 0.15) is 26.7 Å². The lowest BCUT2D eigenvalue weighted by atomic mass is 10.0. The van der Waals surface area contributed by atoms with Crippen LogP contribution >= 0.6 is 0 Å². The number of rotatable bonds is 11. The minimum Gasteiger partial charge on any atom is -0.493 e. The number of likely N-dealkylation sites (tertiary alicyclic amines) is 1. The molecule has 1 aromatic heterocycles. The highest BCUT2D eigenvalue weighted by atomic mass is 16.7. The largest absolute Gasteiger partial charge is 0.493 e. The fraction of sp³-hybridized carbons (Fsp3) is 0.452. The van der Waals surface area contributed by atoms with Gasteiger partial charge in [0.05, 0.1) is 12.6 Å². The van der Waals surface area contributed by atoms with Crippen molar-refractivity contribution >= 4 is 32.4 Å². The Bertz CT molecular complexity index is 1480. The van der Waals surface area contributed by atoms with E-state index in [4.69, 9.17) is 28.7 Å². The van der Waals surface area contributed by atoms with Gasteiger partial charge in [-0.3, -0.25) is 4.90 Å². The van der Waals surface area contributed by atoms with Crippen molar-refractivity contribution < 1.29 is 23.7 Å².